The Morgan fingerprint density at radius 3 is 2.35 bits per heavy atom. The third-order valence-corrected chi connectivity index (χ3v) is 6.55. The molecule has 1 fully saturated rings. The number of Topliss-reactive ketones (excluding diaryl/α,β-unsaturated/α-hetero) is 1. The van der Waals surface area contributed by atoms with E-state index in [1.54, 1.807) is 24.3 Å². The molecule has 5 nitrogen and oxygen atoms in total. The second kappa shape index (κ2) is 7.78. The van der Waals surface area contributed by atoms with Crippen molar-refractivity contribution in [3.63, 3.8) is 0 Å². The maximum Gasteiger partial charge on any atom is 0.243 e. The zero-order valence-corrected chi connectivity index (χ0v) is 16.0. The lowest BCUT2D eigenvalue weighted by Gasteiger charge is -2.31. The first-order valence-electron chi connectivity index (χ1n) is 8.39. The van der Waals surface area contributed by atoms with E-state index in [9.17, 15) is 13.2 Å². The molecule has 0 radical (unpaired) electrons. The van der Waals surface area contributed by atoms with E-state index in [1.807, 2.05) is 12.1 Å². The van der Waals surface area contributed by atoms with Crippen molar-refractivity contribution in [3.8, 4) is 5.75 Å². The smallest absolute Gasteiger partial charge is 0.243 e. The van der Waals surface area contributed by atoms with Gasteiger partial charge in [0.15, 0.2) is 5.78 Å². The summed E-state index contributed by atoms with van der Waals surface area (Å²) in [5.74, 6) is 0.603. The van der Waals surface area contributed by atoms with Crippen LogP contribution in [0.15, 0.2) is 53.4 Å². The lowest BCUT2D eigenvalue weighted by Crippen LogP contribution is -2.41. The van der Waals surface area contributed by atoms with E-state index in [2.05, 4.69) is 0 Å². The fourth-order valence-corrected chi connectivity index (χ4v) is 4.58. The van der Waals surface area contributed by atoms with E-state index in [1.165, 1.54) is 23.4 Å². The fraction of sp³-hybridized carbons (Fsp3) is 0.316. The number of ketones is 1. The van der Waals surface area contributed by atoms with Crippen molar-refractivity contribution >= 4 is 27.4 Å². The predicted octanol–water partition coefficient (Wildman–Crippen LogP) is 3.77. The molecule has 1 heterocycles. The monoisotopic (exact) mass is 393 g/mol. The lowest BCUT2D eigenvalue weighted by molar-refractivity contribution is 0.101. The van der Waals surface area contributed by atoms with Crippen LogP contribution >= 0.6 is 11.6 Å². The second-order valence-corrected chi connectivity index (χ2v) is 8.63. The highest BCUT2D eigenvalue weighted by atomic mass is 35.5. The van der Waals surface area contributed by atoms with Crippen molar-refractivity contribution < 1.29 is 17.9 Å². The lowest BCUT2D eigenvalue weighted by atomic mass is 10.1. The molecular formula is C19H20ClNO4S. The summed E-state index contributed by atoms with van der Waals surface area (Å²) < 4.78 is 32.9. The first-order chi connectivity index (χ1) is 12.4. The van der Waals surface area contributed by atoms with Gasteiger partial charge in [-0.2, -0.15) is 4.31 Å². The van der Waals surface area contributed by atoms with Gasteiger partial charge in [0, 0.05) is 23.7 Å². The average molecular weight is 394 g/mol. The van der Waals surface area contributed by atoms with E-state index >= 15 is 0 Å². The van der Waals surface area contributed by atoms with Crippen LogP contribution < -0.4 is 4.74 Å². The van der Waals surface area contributed by atoms with E-state index in [4.69, 9.17) is 16.3 Å². The van der Waals surface area contributed by atoms with Crippen LogP contribution in [0.25, 0.3) is 0 Å². The molecule has 0 amide bonds. The Morgan fingerprint density at radius 2 is 1.77 bits per heavy atom. The molecule has 0 saturated carbocycles. The molecule has 0 spiro atoms. The Bertz CT molecular complexity index is 888. The summed E-state index contributed by atoms with van der Waals surface area (Å²) in [6.45, 7) is 2.23. The van der Waals surface area contributed by atoms with Gasteiger partial charge in [-0.3, -0.25) is 4.79 Å². The summed E-state index contributed by atoms with van der Waals surface area (Å²) in [7, 11) is -3.56. The van der Waals surface area contributed by atoms with Crippen LogP contribution in [-0.2, 0) is 10.0 Å². The van der Waals surface area contributed by atoms with Crippen molar-refractivity contribution in [2.45, 2.75) is 30.8 Å². The molecule has 2 aromatic carbocycles. The molecule has 3 rings (SSSR count). The number of sulfonamides is 1. The Labute approximate surface area is 158 Å². The third kappa shape index (κ3) is 4.26. The fourth-order valence-electron chi connectivity index (χ4n) is 2.93. The molecule has 0 bridgehead atoms. The van der Waals surface area contributed by atoms with Gasteiger partial charge in [0.25, 0.3) is 0 Å². The molecule has 138 valence electrons. The number of carbonyl (C=O) groups is 1. The highest BCUT2D eigenvalue weighted by Crippen LogP contribution is 2.25. The van der Waals surface area contributed by atoms with Crippen molar-refractivity contribution in [3.05, 3.63) is 59.1 Å². The number of hydrogen-bond acceptors (Lipinski definition) is 4. The molecule has 26 heavy (non-hydrogen) atoms. The third-order valence-electron chi connectivity index (χ3n) is 4.40. The van der Waals surface area contributed by atoms with Gasteiger partial charge in [-0.25, -0.2) is 8.42 Å². The molecule has 7 heteroatoms. The summed E-state index contributed by atoms with van der Waals surface area (Å²) in [6.07, 6.45) is 1.18. The molecule has 0 aromatic heterocycles. The van der Waals surface area contributed by atoms with E-state index in [-0.39, 0.29) is 16.8 Å². The minimum absolute atomic E-state index is 0.0417. The summed E-state index contributed by atoms with van der Waals surface area (Å²) in [5, 5.41) is 0.608. The van der Waals surface area contributed by atoms with Gasteiger partial charge in [-0.1, -0.05) is 29.8 Å². The molecule has 0 atom stereocenters. The predicted molar refractivity (Wildman–Crippen MR) is 100 cm³/mol. The standard InChI is InChI=1S/C19H20ClNO4S/c1-14(22)15-5-7-19(8-6-15)26(23,24)21-11-9-17(10-12-21)25-18-4-2-3-16(20)13-18/h2-8,13,17H,9-12H2,1H3. The zero-order chi connectivity index (χ0) is 18.7. The summed E-state index contributed by atoms with van der Waals surface area (Å²) in [5.41, 5.74) is 0.498. The van der Waals surface area contributed by atoms with Crippen LogP contribution in [0.3, 0.4) is 0 Å². The molecule has 2 aromatic rings. The first-order valence-corrected chi connectivity index (χ1v) is 10.2. The Balaban J connectivity index is 1.64. The van der Waals surface area contributed by atoms with Crippen molar-refractivity contribution in [2.24, 2.45) is 0 Å². The Kier molecular flexibility index (Phi) is 5.65. The minimum atomic E-state index is -3.56. The van der Waals surface area contributed by atoms with Crippen LogP contribution in [0, 0.1) is 0 Å². The molecule has 0 aliphatic carbocycles. The van der Waals surface area contributed by atoms with Gasteiger partial charge in [0.2, 0.25) is 10.0 Å². The van der Waals surface area contributed by atoms with E-state index in [0.717, 1.165) is 0 Å². The second-order valence-electron chi connectivity index (χ2n) is 6.26. The number of piperidine rings is 1. The number of carbonyl (C=O) groups excluding carboxylic acids is 1. The van der Waals surface area contributed by atoms with Gasteiger partial charge >= 0.3 is 0 Å². The van der Waals surface area contributed by atoms with E-state index < -0.39 is 10.0 Å². The molecule has 1 saturated heterocycles. The molecule has 1 aliphatic heterocycles. The van der Waals surface area contributed by atoms with Crippen molar-refractivity contribution in [2.75, 3.05) is 13.1 Å². The maximum absolute atomic E-state index is 12.8. The number of hydrogen-bond donors (Lipinski definition) is 0. The average Bonchev–Trinajstić information content (AvgIpc) is 2.62. The van der Waals surface area contributed by atoms with Gasteiger partial charge in [-0.05, 0) is 50.1 Å². The van der Waals surface area contributed by atoms with Gasteiger partial charge in [-0.15, -0.1) is 0 Å². The SMILES string of the molecule is CC(=O)c1ccc(S(=O)(=O)N2CCC(Oc3cccc(Cl)c3)CC2)cc1. The van der Waals surface area contributed by atoms with Crippen LogP contribution in [0.2, 0.25) is 5.02 Å². The number of halogens is 1. The topological polar surface area (TPSA) is 63.7 Å². The number of rotatable bonds is 5. The quantitative estimate of drug-likeness (QED) is 0.725. The van der Waals surface area contributed by atoms with Crippen LogP contribution in [0.1, 0.15) is 30.1 Å². The van der Waals surface area contributed by atoms with Crippen molar-refractivity contribution in [1.82, 2.24) is 4.31 Å². The Morgan fingerprint density at radius 1 is 1.12 bits per heavy atom. The van der Waals surface area contributed by atoms with Gasteiger partial charge in [0.05, 0.1) is 4.90 Å². The number of nitrogens with zero attached hydrogens (tertiary/aromatic N) is 1. The zero-order valence-electron chi connectivity index (χ0n) is 14.4. The van der Waals surface area contributed by atoms with Crippen LogP contribution in [0.5, 0.6) is 5.75 Å². The minimum Gasteiger partial charge on any atom is -0.490 e. The van der Waals surface area contributed by atoms with Gasteiger partial charge < -0.3 is 4.74 Å². The number of ether oxygens (including phenoxy) is 1. The summed E-state index contributed by atoms with van der Waals surface area (Å²) >= 11 is 5.96. The normalized spacial score (nSPS) is 16.4. The van der Waals surface area contributed by atoms with Gasteiger partial charge in [0.1, 0.15) is 11.9 Å². The van der Waals surface area contributed by atoms with E-state index in [0.29, 0.717) is 42.3 Å². The first kappa shape index (κ1) is 18.9. The highest BCUT2D eigenvalue weighted by Gasteiger charge is 2.30. The maximum atomic E-state index is 12.8. The van der Waals surface area contributed by atoms with Crippen LogP contribution in [0.4, 0.5) is 0 Å². The highest BCUT2D eigenvalue weighted by molar-refractivity contribution is 7.89. The molecule has 0 N–H and O–H groups in total. The summed E-state index contributed by atoms with van der Waals surface area (Å²) in [4.78, 5) is 11.5. The van der Waals surface area contributed by atoms with Crippen molar-refractivity contribution in [1.29, 1.82) is 0 Å². The molecular weight excluding hydrogens is 374 g/mol. The molecule has 1 aliphatic rings. The Hall–Kier alpha value is -1.89. The molecule has 0 unspecified atom stereocenters. The number of benzene rings is 2. The summed E-state index contributed by atoms with van der Waals surface area (Å²) in [6, 6.07) is 13.3. The largest absolute Gasteiger partial charge is 0.490 e. The van der Waals surface area contributed by atoms with Crippen LogP contribution in [-0.4, -0.2) is 37.7 Å².